The van der Waals surface area contributed by atoms with Gasteiger partial charge in [-0.25, -0.2) is 0 Å². The number of phenols is 1. The molecule has 0 unspecified atom stereocenters. The first-order chi connectivity index (χ1) is 17.6. The maximum absolute atomic E-state index is 11.4. The number of benzene rings is 3. The molecule has 8 nitrogen and oxygen atoms in total. The van der Waals surface area contributed by atoms with Crippen LogP contribution >= 0.6 is 23.1 Å². The zero-order valence-corrected chi connectivity index (χ0v) is 22.4. The first kappa shape index (κ1) is 25.5. The van der Waals surface area contributed by atoms with Crippen LogP contribution in [-0.2, 0) is 21.5 Å². The number of thioether (sulfide) groups is 1. The zero-order valence-electron chi connectivity index (χ0n) is 19.9. The van der Waals surface area contributed by atoms with E-state index in [1.807, 2.05) is 58.9 Å². The van der Waals surface area contributed by atoms with Gasteiger partial charge in [0.2, 0.25) is 5.52 Å². The van der Waals surface area contributed by atoms with E-state index in [1.165, 1.54) is 11.8 Å². The Bertz CT molecular complexity index is 1680. The summed E-state index contributed by atoms with van der Waals surface area (Å²) in [5.41, 5.74) is 2.45. The number of aromatic nitrogens is 1. The minimum atomic E-state index is -4.09. The number of hydrogen-bond acceptors (Lipinski definition) is 7. The van der Waals surface area contributed by atoms with Gasteiger partial charge in [-0.3, -0.25) is 9.35 Å². The normalized spacial score (nSPS) is 14.6. The van der Waals surface area contributed by atoms with E-state index in [-0.39, 0.29) is 30.9 Å². The van der Waals surface area contributed by atoms with Gasteiger partial charge in [0.05, 0.1) is 29.0 Å². The molecule has 0 fully saturated rings. The number of carbonyl (C=O) groups is 1. The minimum absolute atomic E-state index is 0.0720. The molecule has 0 aliphatic carbocycles. The number of aliphatic carboxylic acids is 1. The summed E-state index contributed by atoms with van der Waals surface area (Å²) in [6.07, 6.45) is 2.16. The lowest BCUT2D eigenvalue weighted by Gasteiger charge is -2.19. The number of hydrogen-bond donors (Lipinski definition) is 3. The zero-order chi connectivity index (χ0) is 26.3. The molecular weight excluding hydrogens is 532 g/mol. The van der Waals surface area contributed by atoms with Gasteiger partial charge in [-0.05, 0) is 30.0 Å². The van der Waals surface area contributed by atoms with Crippen LogP contribution in [0.15, 0.2) is 58.5 Å². The van der Waals surface area contributed by atoms with E-state index in [9.17, 15) is 28.0 Å². The Morgan fingerprint density at radius 3 is 2.70 bits per heavy atom. The molecule has 0 saturated carbocycles. The van der Waals surface area contributed by atoms with Crippen molar-refractivity contribution in [1.82, 2.24) is 0 Å². The quantitative estimate of drug-likeness (QED) is 0.204. The van der Waals surface area contributed by atoms with E-state index in [0.717, 1.165) is 47.2 Å². The summed E-state index contributed by atoms with van der Waals surface area (Å²) in [7, 11) is -4.09. The maximum atomic E-state index is 11.4. The lowest BCUT2D eigenvalue weighted by Crippen LogP contribution is -2.36. The van der Waals surface area contributed by atoms with Crippen molar-refractivity contribution in [3.8, 4) is 5.75 Å². The second kappa shape index (κ2) is 9.97. The van der Waals surface area contributed by atoms with Crippen LogP contribution in [0.1, 0.15) is 23.4 Å². The summed E-state index contributed by atoms with van der Waals surface area (Å²) >= 11 is 3.08. The van der Waals surface area contributed by atoms with Gasteiger partial charge < -0.3 is 15.1 Å². The van der Waals surface area contributed by atoms with Gasteiger partial charge in [-0.2, -0.15) is 13.0 Å². The summed E-state index contributed by atoms with van der Waals surface area (Å²) in [6.45, 7) is 2.43. The third kappa shape index (κ3) is 5.30. The van der Waals surface area contributed by atoms with Gasteiger partial charge in [0.25, 0.3) is 15.1 Å². The Kier molecular flexibility index (Phi) is 6.88. The number of nitrogens with zero attached hydrogens (tertiary/aromatic N) is 2. The molecule has 0 bridgehead atoms. The topological polar surface area (TPSA) is 119 Å². The van der Waals surface area contributed by atoms with Crippen molar-refractivity contribution in [3.63, 3.8) is 0 Å². The molecule has 0 radical (unpaired) electrons. The first-order valence-electron chi connectivity index (χ1n) is 11.6. The number of carboxylic acid groups (broad SMARTS) is 1. The number of carboxylic acids is 1. The minimum Gasteiger partial charge on any atom is -0.508 e. The number of aromatic hydroxyl groups is 1. The Morgan fingerprint density at radius 1 is 1.16 bits per heavy atom. The maximum Gasteiger partial charge on any atom is 0.305 e. The average molecular weight is 558 g/mol. The van der Waals surface area contributed by atoms with E-state index in [1.54, 1.807) is 17.4 Å². The van der Waals surface area contributed by atoms with Crippen LogP contribution in [-0.4, -0.2) is 41.5 Å². The first-order valence-corrected chi connectivity index (χ1v) is 14.9. The van der Waals surface area contributed by atoms with E-state index in [4.69, 9.17) is 0 Å². The number of anilines is 1. The fourth-order valence-corrected chi connectivity index (χ4v) is 7.49. The van der Waals surface area contributed by atoms with Crippen LogP contribution in [0.3, 0.4) is 0 Å². The number of rotatable bonds is 8. The van der Waals surface area contributed by atoms with Crippen LogP contribution in [0.25, 0.3) is 27.1 Å². The fraction of sp³-hybridized carbons (Fsp3) is 0.231. The van der Waals surface area contributed by atoms with Crippen molar-refractivity contribution < 1.29 is 32.5 Å². The molecule has 192 valence electrons. The van der Waals surface area contributed by atoms with E-state index in [0.29, 0.717) is 6.54 Å². The fourth-order valence-electron chi connectivity index (χ4n) is 4.46. The van der Waals surface area contributed by atoms with Crippen molar-refractivity contribution in [2.75, 3.05) is 17.2 Å². The number of fused-ring (bicyclic) bond motifs is 4. The van der Waals surface area contributed by atoms with Crippen molar-refractivity contribution in [3.05, 3.63) is 64.1 Å². The Hall–Kier alpha value is -3.12. The summed E-state index contributed by atoms with van der Waals surface area (Å²) in [6, 6.07) is 15.7. The van der Waals surface area contributed by atoms with Gasteiger partial charge in [0.1, 0.15) is 10.4 Å². The van der Waals surface area contributed by atoms with Gasteiger partial charge in [0.15, 0.2) is 6.54 Å². The SMILES string of the molecule is Cc1cc2c(cc1O)N(CCC(=O)O)C(=Cc1sc3c4ccccc4ccc3[n+]1CCCS(=O)(=O)O)S2. The van der Waals surface area contributed by atoms with E-state index in [2.05, 4.69) is 6.07 Å². The van der Waals surface area contributed by atoms with Gasteiger partial charge in [0, 0.05) is 35.4 Å². The van der Waals surface area contributed by atoms with Gasteiger partial charge in [-0.1, -0.05) is 47.4 Å². The second-order valence-electron chi connectivity index (χ2n) is 8.85. The second-order valence-corrected chi connectivity index (χ2v) is 12.5. The van der Waals surface area contributed by atoms with Crippen molar-refractivity contribution in [2.45, 2.75) is 31.2 Å². The standard InChI is InChI=1S/C26H24N2O6S3/c1-16-13-22-20(14-21(16)29)28(11-9-25(30)31)23(35-22)15-24-27(10-4-12-37(32,33)34)19-8-7-17-5-2-3-6-18(17)26(19)36-24/h2-3,5-8,13-15H,4,9-12H2,1H3,(H2-,29,30,31,32,33,34)/p+1. The molecular formula is C26H25N2O6S3+. The van der Waals surface area contributed by atoms with Crippen molar-refractivity contribution in [2.24, 2.45) is 0 Å². The number of thiazole rings is 1. The molecule has 0 atom stereocenters. The molecule has 1 aliphatic rings. The Morgan fingerprint density at radius 2 is 1.95 bits per heavy atom. The molecule has 3 N–H and O–H groups in total. The molecule has 2 heterocycles. The molecule has 0 saturated heterocycles. The average Bonchev–Trinajstić information content (AvgIpc) is 3.34. The highest BCUT2D eigenvalue weighted by Crippen LogP contribution is 2.49. The number of phenolic OH excluding ortho intramolecular Hbond substituents is 1. The molecule has 0 spiro atoms. The smallest absolute Gasteiger partial charge is 0.305 e. The lowest BCUT2D eigenvalue weighted by molar-refractivity contribution is -0.668. The number of aryl methyl sites for hydroxylation is 2. The summed E-state index contributed by atoms with van der Waals surface area (Å²) in [5.74, 6) is -1.11. The molecule has 0 amide bonds. The molecule has 1 aliphatic heterocycles. The summed E-state index contributed by atoms with van der Waals surface area (Å²) < 4.78 is 35.1. The monoisotopic (exact) mass is 557 g/mol. The largest absolute Gasteiger partial charge is 0.508 e. The Balaban J connectivity index is 1.63. The van der Waals surface area contributed by atoms with E-state index < -0.39 is 16.1 Å². The third-order valence-electron chi connectivity index (χ3n) is 6.25. The third-order valence-corrected chi connectivity index (χ3v) is 9.33. The molecule has 4 aromatic rings. The van der Waals surface area contributed by atoms with Crippen LogP contribution in [0.2, 0.25) is 0 Å². The van der Waals surface area contributed by atoms with Crippen LogP contribution in [0, 0.1) is 6.92 Å². The molecule has 1 aromatic heterocycles. The van der Waals surface area contributed by atoms with Gasteiger partial charge in [-0.15, -0.1) is 0 Å². The van der Waals surface area contributed by atoms with E-state index >= 15 is 0 Å². The van der Waals surface area contributed by atoms with Crippen LogP contribution < -0.4 is 9.47 Å². The highest BCUT2D eigenvalue weighted by atomic mass is 32.2. The summed E-state index contributed by atoms with van der Waals surface area (Å²) in [5, 5.41) is 23.5. The lowest BCUT2D eigenvalue weighted by atomic mass is 10.1. The van der Waals surface area contributed by atoms with Crippen molar-refractivity contribution in [1.29, 1.82) is 0 Å². The highest BCUT2D eigenvalue weighted by Gasteiger charge is 2.30. The molecule has 37 heavy (non-hydrogen) atoms. The Labute approximate surface area is 222 Å². The molecule has 3 aromatic carbocycles. The predicted octanol–water partition coefficient (Wildman–Crippen LogP) is 5.02. The molecule has 5 rings (SSSR count). The molecule has 11 heteroatoms. The van der Waals surface area contributed by atoms with Crippen LogP contribution in [0.4, 0.5) is 5.69 Å². The summed E-state index contributed by atoms with van der Waals surface area (Å²) in [4.78, 5) is 14.2. The van der Waals surface area contributed by atoms with Gasteiger partial charge >= 0.3 is 5.97 Å². The van der Waals surface area contributed by atoms with Crippen molar-refractivity contribution >= 4 is 71.9 Å². The highest BCUT2D eigenvalue weighted by molar-refractivity contribution is 8.03. The van der Waals surface area contributed by atoms with Crippen LogP contribution in [0.5, 0.6) is 5.75 Å². The predicted molar refractivity (Wildman–Crippen MR) is 147 cm³/mol.